The topological polar surface area (TPSA) is 67.0 Å². The van der Waals surface area contributed by atoms with Crippen molar-refractivity contribution in [3.05, 3.63) is 48.5 Å². The van der Waals surface area contributed by atoms with Gasteiger partial charge in [0.2, 0.25) is 0 Å². The van der Waals surface area contributed by atoms with Crippen LogP contribution in [0.5, 0.6) is 6.01 Å². The van der Waals surface area contributed by atoms with Crippen LogP contribution in [0.15, 0.2) is 58.3 Å². The number of benzene rings is 2. The van der Waals surface area contributed by atoms with Gasteiger partial charge in [-0.25, -0.2) is 4.79 Å². The van der Waals surface area contributed by atoms with Crippen LogP contribution in [0.2, 0.25) is 0 Å². The maximum absolute atomic E-state index is 11.2. The minimum Gasteiger partial charge on any atom is -0.375 e. The number of aromatic amines is 1. The van der Waals surface area contributed by atoms with Crippen LogP contribution in [0.25, 0.3) is 11.0 Å². The number of amides is 1. The molecule has 2 N–H and O–H groups in total. The van der Waals surface area contributed by atoms with Crippen LogP contribution in [-0.4, -0.2) is 23.1 Å². The van der Waals surface area contributed by atoms with Gasteiger partial charge in [-0.15, -0.1) is 0 Å². The van der Waals surface area contributed by atoms with Gasteiger partial charge in [0.15, 0.2) is 0 Å². The second kappa shape index (κ2) is 5.88. The highest BCUT2D eigenvalue weighted by atomic mass is 32.2. The van der Waals surface area contributed by atoms with E-state index < -0.39 is 6.09 Å². The average molecular weight is 299 g/mol. The van der Waals surface area contributed by atoms with E-state index in [0.717, 1.165) is 20.8 Å². The predicted molar refractivity (Wildman–Crippen MR) is 81.7 cm³/mol. The summed E-state index contributed by atoms with van der Waals surface area (Å²) >= 11 is 1.66. The summed E-state index contributed by atoms with van der Waals surface area (Å²) in [4.78, 5) is 20.6. The van der Waals surface area contributed by atoms with Gasteiger partial charge in [-0.3, -0.25) is 0 Å². The molecule has 0 aliphatic heterocycles. The summed E-state index contributed by atoms with van der Waals surface area (Å²) in [6.45, 7) is 0. The summed E-state index contributed by atoms with van der Waals surface area (Å²) in [7, 11) is 1.50. The van der Waals surface area contributed by atoms with E-state index in [1.807, 2.05) is 36.4 Å². The Labute approximate surface area is 125 Å². The number of hydrogen-bond donors (Lipinski definition) is 2. The van der Waals surface area contributed by atoms with Gasteiger partial charge < -0.3 is 15.0 Å². The van der Waals surface area contributed by atoms with E-state index in [9.17, 15) is 4.79 Å². The van der Waals surface area contributed by atoms with E-state index in [-0.39, 0.29) is 6.01 Å². The molecular weight excluding hydrogens is 286 g/mol. The van der Waals surface area contributed by atoms with Gasteiger partial charge in [-0.1, -0.05) is 30.0 Å². The molecule has 106 valence electrons. The van der Waals surface area contributed by atoms with Gasteiger partial charge in [0.25, 0.3) is 0 Å². The van der Waals surface area contributed by atoms with Crippen LogP contribution in [-0.2, 0) is 0 Å². The molecule has 6 heteroatoms. The molecule has 0 aliphatic rings. The first-order chi connectivity index (χ1) is 10.2. The highest BCUT2D eigenvalue weighted by Crippen LogP contribution is 2.29. The molecular formula is C15H13N3O2S. The van der Waals surface area contributed by atoms with Gasteiger partial charge in [-0.05, 0) is 30.3 Å². The zero-order valence-corrected chi connectivity index (χ0v) is 12.1. The number of imidazole rings is 1. The van der Waals surface area contributed by atoms with Gasteiger partial charge in [-0.2, -0.15) is 4.98 Å². The lowest BCUT2D eigenvalue weighted by Crippen LogP contribution is -2.22. The number of hydrogen-bond acceptors (Lipinski definition) is 4. The molecule has 0 fully saturated rings. The Morgan fingerprint density at radius 3 is 2.76 bits per heavy atom. The smallest absolute Gasteiger partial charge is 0.375 e. The summed E-state index contributed by atoms with van der Waals surface area (Å²) < 4.78 is 4.98. The molecule has 0 saturated heterocycles. The maximum Gasteiger partial charge on any atom is 0.414 e. The molecule has 0 unspecified atom stereocenters. The van der Waals surface area contributed by atoms with Crippen molar-refractivity contribution in [1.82, 2.24) is 15.3 Å². The van der Waals surface area contributed by atoms with Crippen molar-refractivity contribution in [3.8, 4) is 6.01 Å². The number of nitrogens with zero attached hydrogens (tertiary/aromatic N) is 1. The lowest BCUT2D eigenvalue weighted by Gasteiger charge is -2.00. The van der Waals surface area contributed by atoms with Crippen molar-refractivity contribution in [2.45, 2.75) is 9.79 Å². The highest BCUT2D eigenvalue weighted by Gasteiger charge is 2.08. The van der Waals surface area contributed by atoms with E-state index >= 15 is 0 Å². The van der Waals surface area contributed by atoms with Crippen LogP contribution >= 0.6 is 11.8 Å². The number of ether oxygens (including phenoxy) is 1. The average Bonchev–Trinajstić information content (AvgIpc) is 2.89. The second-order valence-corrected chi connectivity index (χ2v) is 5.42. The Morgan fingerprint density at radius 1 is 1.19 bits per heavy atom. The van der Waals surface area contributed by atoms with Crippen molar-refractivity contribution < 1.29 is 9.53 Å². The standard InChI is InChI=1S/C15H13N3O2S/c1-16-15(19)20-14-17-12-8-7-11(9-13(12)18-14)21-10-5-3-2-4-6-10/h2-9H,1H3,(H,16,19)(H,17,18). The Morgan fingerprint density at radius 2 is 2.00 bits per heavy atom. The number of carbonyl (C=O) groups is 1. The largest absolute Gasteiger partial charge is 0.414 e. The van der Waals surface area contributed by atoms with E-state index in [2.05, 4.69) is 27.4 Å². The molecule has 0 bridgehead atoms. The zero-order chi connectivity index (χ0) is 14.7. The Balaban J connectivity index is 1.84. The number of rotatable bonds is 3. The third-order valence-corrected chi connectivity index (χ3v) is 3.80. The van der Waals surface area contributed by atoms with Crippen LogP contribution < -0.4 is 10.1 Å². The van der Waals surface area contributed by atoms with Gasteiger partial charge in [0, 0.05) is 16.8 Å². The maximum atomic E-state index is 11.2. The third-order valence-electron chi connectivity index (χ3n) is 2.81. The number of H-pyrrole nitrogens is 1. The van der Waals surface area contributed by atoms with Crippen LogP contribution in [0.1, 0.15) is 0 Å². The number of fused-ring (bicyclic) bond motifs is 1. The molecule has 1 aromatic heterocycles. The molecule has 3 aromatic rings. The molecule has 0 spiro atoms. The fourth-order valence-electron chi connectivity index (χ4n) is 1.84. The summed E-state index contributed by atoms with van der Waals surface area (Å²) in [5.74, 6) is 0. The molecule has 3 rings (SSSR count). The minimum absolute atomic E-state index is 0.186. The SMILES string of the molecule is CNC(=O)Oc1nc2cc(Sc3ccccc3)ccc2[nH]1. The summed E-state index contributed by atoms with van der Waals surface area (Å²) in [6.07, 6.45) is -0.548. The summed E-state index contributed by atoms with van der Waals surface area (Å²) in [5, 5.41) is 2.38. The monoisotopic (exact) mass is 299 g/mol. The molecule has 0 aliphatic carbocycles. The van der Waals surface area contributed by atoms with E-state index in [0.29, 0.717) is 0 Å². The lowest BCUT2D eigenvalue weighted by molar-refractivity contribution is 0.199. The Bertz CT molecular complexity index is 771. The van der Waals surface area contributed by atoms with Gasteiger partial charge in [0.05, 0.1) is 11.0 Å². The first-order valence-corrected chi connectivity index (χ1v) is 7.18. The zero-order valence-electron chi connectivity index (χ0n) is 11.3. The van der Waals surface area contributed by atoms with Crippen molar-refractivity contribution in [3.63, 3.8) is 0 Å². The fourth-order valence-corrected chi connectivity index (χ4v) is 2.71. The molecule has 0 atom stereocenters. The first-order valence-electron chi connectivity index (χ1n) is 6.37. The van der Waals surface area contributed by atoms with Crippen molar-refractivity contribution in [2.75, 3.05) is 7.05 Å². The number of aromatic nitrogens is 2. The summed E-state index contributed by atoms with van der Waals surface area (Å²) in [5.41, 5.74) is 1.58. The predicted octanol–water partition coefficient (Wildman–Crippen LogP) is 3.43. The minimum atomic E-state index is -0.548. The molecule has 1 heterocycles. The Kier molecular flexibility index (Phi) is 3.79. The molecule has 21 heavy (non-hydrogen) atoms. The van der Waals surface area contributed by atoms with E-state index in [1.54, 1.807) is 11.8 Å². The first kappa shape index (κ1) is 13.5. The molecule has 0 saturated carbocycles. The normalized spacial score (nSPS) is 10.5. The highest BCUT2D eigenvalue weighted by molar-refractivity contribution is 7.99. The lowest BCUT2D eigenvalue weighted by atomic mass is 10.3. The summed E-state index contributed by atoms with van der Waals surface area (Å²) in [6, 6.07) is 16.2. The third kappa shape index (κ3) is 3.17. The van der Waals surface area contributed by atoms with Crippen LogP contribution in [0.4, 0.5) is 4.79 Å². The quantitative estimate of drug-likeness (QED) is 0.777. The van der Waals surface area contributed by atoms with E-state index in [4.69, 9.17) is 4.74 Å². The van der Waals surface area contributed by atoms with E-state index in [1.165, 1.54) is 7.05 Å². The van der Waals surface area contributed by atoms with Gasteiger partial charge in [0.1, 0.15) is 0 Å². The number of nitrogens with one attached hydrogen (secondary N) is 2. The van der Waals surface area contributed by atoms with Crippen LogP contribution in [0, 0.1) is 0 Å². The molecule has 0 radical (unpaired) electrons. The second-order valence-electron chi connectivity index (χ2n) is 4.28. The van der Waals surface area contributed by atoms with Gasteiger partial charge >= 0.3 is 12.1 Å². The molecule has 2 aromatic carbocycles. The fraction of sp³-hybridized carbons (Fsp3) is 0.0667. The van der Waals surface area contributed by atoms with Crippen molar-refractivity contribution >= 4 is 28.9 Å². The van der Waals surface area contributed by atoms with Crippen molar-refractivity contribution in [1.29, 1.82) is 0 Å². The van der Waals surface area contributed by atoms with Crippen LogP contribution in [0.3, 0.4) is 0 Å². The molecule has 5 nitrogen and oxygen atoms in total. The number of carbonyl (C=O) groups excluding carboxylic acids is 1. The molecule has 1 amide bonds. The van der Waals surface area contributed by atoms with Crippen molar-refractivity contribution in [2.24, 2.45) is 0 Å². The Hall–Kier alpha value is -2.47.